The van der Waals surface area contributed by atoms with E-state index in [4.69, 9.17) is 15.2 Å². The Morgan fingerprint density at radius 3 is 2.76 bits per heavy atom. The molecule has 1 aromatic carbocycles. The van der Waals surface area contributed by atoms with Crippen LogP contribution in [0.2, 0.25) is 0 Å². The molecule has 0 fully saturated rings. The number of nitrogens with two attached hydrogens (primary N) is 1. The van der Waals surface area contributed by atoms with Crippen molar-refractivity contribution in [3.8, 4) is 17.6 Å². The molecule has 0 amide bonds. The number of ether oxygens (including phenoxy) is 2. The van der Waals surface area contributed by atoms with Crippen LogP contribution in [0.4, 0.5) is 0 Å². The molecule has 0 unspecified atom stereocenters. The van der Waals surface area contributed by atoms with Gasteiger partial charge >= 0.3 is 0 Å². The Morgan fingerprint density at radius 1 is 1.40 bits per heavy atom. The lowest BCUT2D eigenvalue weighted by Gasteiger charge is -2.37. The SMILES string of the molecule is COc1cc([C@H]2C(C#N)=C(N)OC3=C2C(=O)CC(C)(C)C3)ccc1O. The third-order valence-corrected chi connectivity index (χ3v) is 4.61. The minimum atomic E-state index is -0.619. The second kappa shape index (κ2) is 5.85. The first-order valence-electron chi connectivity index (χ1n) is 7.98. The van der Waals surface area contributed by atoms with Crippen LogP contribution in [0.1, 0.15) is 38.2 Å². The number of aromatic hydroxyl groups is 1. The maximum atomic E-state index is 12.8. The molecule has 3 rings (SSSR count). The van der Waals surface area contributed by atoms with Crippen LogP contribution in [-0.4, -0.2) is 18.0 Å². The van der Waals surface area contributed by atoms with E-state index in [1.165, 1.54) is 13.2 Å². The van der Waals surface area contributed by atoms with Crippen molar-refractivity contribution >= 4 is 5.78 Å². The summed E-state index contributed by atoms with van der Waals surface area (Å²) in [6, 6.07) is 6.83. The van der Waals surface area contributed by atoms with Gasteiger partial charge in [0.05, 0.1) is 13.0 Å². The zero-order chi connectivity index (χ0) is 18.4. The van der Waals surface area contributed by atoms with Gasteiger partial charge in [-0.1, -0.05) is 19.9 Å². The molecule has 1 aromatic rings. The molecule has 0 radical (unpaired) electrons. The molecule has 130 valence electrons. The molecule has 6 heteroatoms. The van der Waals surface area contributed by atoms with E-state index in [-0.39, 0.29) is 34.2 Å². The number of rotatable bonds is 2. The number of nitriles is 1. The first kappa shape index (κ1) is 16.9. The van der Waals surface area contributed by atoms with E-state index in [1.54, 1.807) is 12.1 Å². The average Bonchev–Trinajstić information content (AvgIpc) is 2.53. The van der Waals surface area contributed by atoms with Gasteiger partial charge in [0.25, 0.3) is 0 Å². The monoisotopic (exact) mass is 340 g/mol. The summed E-state index contributed by atoms with van der Waals surface area (Å²) in [6.45, 7) is 3.99. The number of carbonyl (C=O) groups excluding carboxylic acids is 1. The second-order valence-corrected chi connectivity index (χ2v) is 7.13. The molecule has 0 spiro atoms. The Kier molecular flexibility index (Phi) is 3.96. The van der Waals surface area contributed by atoms with E-state index >= 15 is 0 Å². The lowest BCUT2D eigenvalue weighted by molar-refractivity contribution is -0.119. The number of hydrogen-bond donors (Lipinski definition) is 2. The summed E-state index contributed by atoms with van der Waals surface area (Å²) in [5, 5.41) is 19.4. The molecule has 0 saturated carbocycles. The highest BCUT2D eigenvalue weighted by Crippen LogP contribution is 2.48. The van der Waals surface area contributed by atoms with Gasteiger partial charge in [0.1, 0.15) is 17.4 Å². The molecule has 25 heavy (non-hydrogen) atoms. The summed E-state index contributed by atoms with van der Waals surface area (Å²) in [7, 11) is 1.44. The van der Waals surface area contributed by atoms with Crippen LogP contribution < -0.4 is 10.5 Å². The highest BCUT2D eigenvalue weighted by molar-refractivity contribution is 6.00. The van der Waals surface area contributed by atoms with Gasteiger partial charge in [0.15, 0.2) is 17.3 Å². The minimum Gasteiger partial charge on any atom is -0.504 e. The van der Waals surface area contributed by atoms with Crippen molar-refractivity contribution in [2.75, 3.05) is 7.11 Å². The second-order valence-electron chi connectivity index (χ2n) is 7.13. The summed E-state index contributed by atoms with van der Waals surface area (Å²) in [4.78, 5) is 12.8. The quantitative estimate of drug-likeness (QED) is 0.857. The van der Waals surface area contributed by atoms with Crippen molar-refractivity contribution in [3.63, 3.8) is 0 Å². The van der Waals surface area contributed by atoms with Gasteiger partial charge < -0.3 is 20.3 Å². The molecule has 1 atom stereocenters. The summed E-state index contributed by atoms with van der Waals surface area (Å²) < 4.78 is 10.8. The van der Waals surface area contributed by atoms with Gasteiger partial charge in [-0.3, -0.25) is 4.79 Å². The number of methoxy groups -OCH3 is 1. The molecule has 1 aliphatic heterocycles. The number of allylic oxidation sites excluding steroid dienone is 3. The first-order valence-corrected chi connectivity index (χ1v) is 7.98. The lowest BCUT2D eigenvalue weighted by atomic mass is 9.70. The molecule has 0 bridgehead atoms. The molecular weight excluding hydrogens is 320 g/mol. The molecule has 2 aliphatic rings. The highest BCUT2D eigenvalue weighted by Gasteiger charge is 2.43. The lowest BCUT2D eigenvalue weighted by Crippen LogP contribution is -2.33. The van der Waals surface area contributed by atoms with Gasteiger partial charge in [0, 0.05) is 18.4 Å². The summed E-state index contributed by atoms with van der Waals surface area (Å²) in [5.74, 6) is 0.124. The number of Topliss-reactive ketones (excluding diaryl/α,β-unsaturated/α-hetero) is 1. The fourth-order valence-electron chi connectivity index (χ4n) is 3.49. The van der Waals surface area contributed by atoms with Crippen molar-refractivity contribution < 1.29 is 19.4 Å². The summed E-state index contributed by atoms with van der Waals surface area (Å²) >= 11 is 0. The molecule has 0 aromatic heterocycles. The fraction of sp³-hybridized carbons (Fsp3) is 0.368. The first-order chi connectivity index (χ1) is 11.8. The number of ketones is 1. The van der Waals surface area contributed by atoms with Gasteiger partial charge in [0.2, 0.25) is 5.88 Å². The van der Waals surface area contributed by atoms with Crippen molar-refractivity contribution in [3.05, 3.63) is 46.6 Å². The van der Waals surface area contributed by atoms with Crippen LogP contribution in [0.25, 0.3) is 0 Å². The van der Waals surface area contributed by atoms with E-state index < -0.39 is 5.92 Å². The maximum absolute atomic E-state index is 12.8. The Bertz CT molecular complexity index is 859. The summed E-state index contributed by atoms with van der Waals surface area (Å²) in [5.41, 5.74) is 7.06. The van der Waals surface area contributed by atoms with Crippen LogP contribution in [0.5, 0.6) is 11.5 Å². The van der Waals surface area contributed by atoms with E-state index in [1.807, 2.05) is 13.8 Å². The van der Waals surface area contributed by atoms with Crippen LogP contribution >= 0.6 is 0 Å². The predicted molar refractivity (Wildman–Crippen MR) is 90.4 cm³/mol. The molecule has 1 heterocycles. The average molecular weight is 340 g/mol. The van der Waals surface area contributed by atoms with Gasteiger partial charge in [-0.05, 0) is 23.1 Å². The van der Waals surface area contributed by atoms with Crippen LogP contribution in [0.15, 0.2) is 41.0 Å². The number of phenolic OH excluding ortho intramolecular Hbond substituents is 1. The Labute approximate surface area is 146 Å². The van der Waals surface area contributed by atoms with E-state index in [0.717, 1.165) is 0 Å². The summed E-state index contributed by atoms with van der Waals surface area (Å²) in [6.07, 6.45) is 0.943. The van der Waals surface area contributed by atoms with E-state index in [9.17, 15) is 15.2 Å². The Morgan fingerprint density at radius 2 is 2.12 bits per heavy atom. The number of benzene rings is 1. The normalized spacial score (nSPS) is 22.2. The van der Waals surface area contributed by atoms with Crippen LogP contribution in [0, 0.1) is 16.7 Å². The topological polar surface area (TPSA) is 106 Å². The maximum Gasteiger partial charge on any atom is 0.205 e. The largest absolute Gasteiger partial charge is 0.504 e. The zero-order valence-electron chi connectivity index (χ0n) is 14.4. The van der Waals surface area contributed by atoms with Gasteiger partial charge in [-0.25, -0.2) is 0 Å². The smallest absolute Gasteiger partial charge is 0.205 e. The predicted octanol–water partition coefficient (Wildman–Crippen LogP) is 2.85. The van der Waals surface area contributed by atoms with Crippen LogP contribution in [-0.2, 0) is 9.53 Å². The number of nitrogens with zero attached hydrogens (tertiary/aromatic N) is 1. The van der Waals surface area contributed by atoms with Crippen molar-refractivity contribution in [1.82, 2.24) is 0 Å². The molecule has 1 aliphatic carbocycles. The fourth-order valence-corrected chi connectivity index (χ4v) is 3.49. The highest BCUT2D eigenvalue weighted by atomic mass is 16.5. The van der Waals surface area contributed by atoms with Gasteiger partial charge in [-0.15, -0.1) is 0 Å². The number of hydrogen-bond acceptors (Lipinski definition) is 6. The number of carbonyl (C=O) groups is 1. The standard InChI is InChI=1S/C19H20N2O4/c1-19(2)7-13(23)17-15(8-19)25-18(21)11(9-20)16(17)10-4-5-12(22)14(6-10)24-3/h4-6,16,22H,7-8,21H2,1-3H3/t16-/m0/s1. The van der Waals surface area contributed by atoms with E-state index in [2.05, 4.69) is 6.07 Å². The van der Waals surface area contributed by atoms with Gasteiger partial charge in [-0.2, -0.15) is 5.26 Å². The molecule has 0 saturated heterocycles. The van der Waals surface area contributed by atoms with Crippen molar-refractivity contribution in [2.45, 2.75) is 32.6 Å². The Hall–Kier alpha value is -2.94. The molecule has 3 N–H and O–H groups in total. The van der Waals surface area contributed by atoms with Crippen molar-refractivity contribution in [1.29, 1.82) is 5.26 Å². The number of phenols is 1. The third kappa shape index (κ3) is 2.82. The minimum absolute atomic E-state index is 0.0147. The van der Waals surface area contributed by atoms with Crippen molar-refractivity contribution in [2.24, 2.45) is 11.1 Å². The molecular formula is C19H20N2O4. The van der Waals surface area contributed by atoms with Crippen LogP contribution in [0.3, 0.4) is 0 Å². The van der Waals surface area contributed by atoms with E-state index in [0.29, 0.717) is 29.7 Å². The zero-order valence-corrected chi connectivity index (χ0v) is 14.4. The third-order valence-electron chi connectivity index (χ3n) is 4.61. The Balaban J connectivity index is 2.19. The molecule has 6 nitrogen and oxygen atoms in total.